The van der Waals surface area contributed by atoms with Gasteiger partial charge < -0.3 is 9.80 Å². The van der Waals surface area contributed by atoms with Crippen molar-refractivity contribution in [3.05, 3.63) is 30.1 Å². The number of hydrogen-bond donors (Lipinski definition) is 0. The lowest BCUT2D eigenvalue weighted by Gasteiger charge is -2.38. The number of aromatic nitrogens is 1. The summed E-state index contributed by atoms with van der Waals surface area (Å²) in [5, 5.41) is 0. The molecule has 1 unspecified atom stereocenters. The lowest BCUT2D eigenvalue weighted by Crippen LogP contribution is -2.50. The van der Waals surface area contributed by atoms with Gasteiger partial charge in [-0.3, -0.25) is 14.6 Å². The van der Waals surface area contributed by atoms with Crippen molar-refractivity contribution in [1.82, 2.24) is 14.8 Å². The summed E-state index contributed by atoms with van der Waals surface area (Å²) in [6, 6.07) is 4.09. The summed E-state index contributed by atoms with van der Waals surface area (Å²) in [6.07, 6.45) is 7.16. The molecule has 0 radical (unpaired) electrons. The Morgan fingerprint density at radius 1 is 1.33 bits per heavy atom. The van der Waals surface area contributed by atoms with Crippen molar-refractivity contribution in [1.29, 1.82) is 0 Å². The summed E-state index contributed by atoms with van der Waals surface area (Å²) in [7, 11) is 1.80. The van der Waals surface area contributed by atoms with Gasteiger partial charge in [-0.25, -0.2) is 0 Å². The zero-order valence-electron chi connectivity index (χ0n) is 14.9. The van der Waals surface area contributed by atoms with Crippen molar-refractivity contribution in [2.24, 2.45) is 11.8 Å². The van der Waals surface area contributed by atoms with Crippen LogP contribution >= 0.6 is 0 Å². The van der Waals surface area contributed by atoms with E-state index in [9.17, 15) is 9.59 Å². The maximum absolute atomic E-state index is 12.9. The van der Waals surface area contributed by atoms with Gasteiger partial charge in [-0.05, 0) is 50.7 Å². The number of nitrogens with zero attached hydrogens (tertiary/aromatic N) is 3. The van der Waals surface area contributed by atoms with Gasteiger partial charge in [0.25, 0.3) is 0 Å². The minimum absolute atomic E-state index is 0.0739. The van der Waals surface area contributed by atoms with E-state index in [2.05, 4.69) is 11.1 Å². The number of amides is 2. The molecule has 3 rings (SSSR count). The van der Waals surface area contributed by atoms with E-state index in [0.29, 0.717) is 12.3 Å². The van der Waals surface area contributed by atoms with Crippen LogP contribution in [0.15, 0.2) is 24.5 Å². The quantitative estimate of drug-likeness (QED) is 0.853. The van der Waals surface area contributed by atoms with Crippen LogP contribution in [0.25, 0.3) is 0 Å². The summed E-state index contributed by atoms with van der Waals surface area (Å²) < 4.78 is 0. The Morgan fingerprint density at radius 3 is 2.58 bits per heavy atom. The van der Waals surface area contributed by atoms with Crippen LogP contribution < -0.4 is 0 Å². The molecule has 2 fully saturated rings. The number of hydrogen-bond acceptors (Lipinski definition) is 3. The number of rotatable bonds is 3. The highest BCUT2D eigenvalue weighted by molar-refractivity contribution is 5.91. The summed E-state index contributed by atoms with van der Waals surface area (Å²) in [6.45, 7) is 5.59. The van der Waals surface area contributed by atoms with Gasteiger partial charge in [0, 0.05) is 44.5 Å². The number of piperidine rings is 1. The molecule has 0 bridgehead atoms. The SMILES string of the molecule is CN1C(=O)CC(C(=O)N2CCC(Cc3cccnc3)CC2)C1(C)C. The van der Waals surface area contributed by atoms with Crippen LogP contribution in [0, 0.1) is 11.8 Å². The maximum Gasteiger partial charge on any atom is 0.228 e. The number of carbonyl (C=O) groups excluding carboxylic acids is 2. The predicted molar refractivity (Wildman–Crippen MR) is 92.2 cm³/mol. The second-order valence-corrected chi connectivity index (χ2v) is 7.70. The van der Waals surface area contributed by atoms with Crippen LogP contribution in [0.4, 0.5) is 0 Å². The summed E-state index contributed by atoms with van der Waals surface area (Å²) in [5.41, 5.74) is 0.882. The van der Waals surface area contributed by atoms with Gasteiger partial charge in [0.1, 0.15) is 0 Å². The third-order valence-corrected chi connectivity index (χ3v) is 5.94. The first-order chi connectivity index (χ1) is 11.4. The Kier molecular flexibility index (Phi) is 4.61. The molecule has 24 heavy (non-hydrogen) atoms. The van der Waals surface area contributed by atoms with Gasteiger partial charge in [-0.15, -0.1) is 0 Å². The molecular formula is C19H27N3O2. The molecule has 5 heteroatoms. The van der Waals surface area contributed by atoms with Crippen LogP contribution in [0.2, 0.25) is 0 Å². The van der Waals surface area contributed by atoms with E-state index in [-0.39, 0.29) is 23.3 Å². The second kappa shape index (κ2) is 6.54. The van der Waals surface area contributed by atoms with Gasteiger partial charge in [0.2, 0.25) is 11.8 Å². The van der Waals surface area contributed by atoms with Crippen molar-refractivity contribution in [3.63, 3.8) is 0 Å². The van der Waals surface area contributed by atoms with Crippen LogP contribution in [0.5, 0.6) is 0 Å². The first-order valence-corrected chi connectivity index (χ1v) is 8.84. The van der Waals surface area contributed by atoms with E-state index in [4.69, 9.17) is 0 Å². The molecule has 1 aromatic rings. The fourth-order valence-corrected chi connectivity index (χ4v) is 3.94. The first-order valence-electron chi connectivity index (χ1n) is 8.84. The Balaban J connectivity index is 1.57. The first kappa shape index (κ1) is 16.9. The smallest absolute Gasteiger partial charge is 0.228 e. The molecule has 0 aromatic carbocycles. The van der Waals surface area contributed by atoms with Gasteiger partial charge in [-0.1, -0.05) is 6.07 Å². The van der Waals surface area contributed by atoms with E-state index in [1.165, 1.54) is 5.56 Å². The largest absolute Gasteiger partial charge is 0.342 e. The zero-order valence-corrected chi connectivity index (χ0v) is 14.9. The fourth-order valence-electron chi connectivity index (χ4n) is 3.94. The maximum atomic E-state index is 12.9. The normalized spacial score (nSPS) is 24.5. The molecule has 3 heterocycles. The molecule has 0 aliphatic carbocycles. The number of carbonyl (C=O) groups is 2. The van der Waals surface area contributed by atoms with Crippen LogP contribution in [0.1, 0.15) is 38.7 Å². The van der Waals surface area contributed by atoms with Gasteiger partial charge in [0.15, 0.2) is 0 Å². The van der Waals surface area contributed by atoms with Gasteiger partial charge in [0.05, 0.1) is 5.92 Å². The lowest BCUT2D eigenvalue weighted by molar-refractivity contribution is -0.139. The third kappa shape index (κ3) is 3.17. The molecule has 1 atom stereocenters. The third-order valence-electron chi connectivity index (χ3n) is 5.94. The molecule has 0 spiro atoms. The lowest BCUT2D eigenvalue weighted by atomic mass is 9.85. The van der Waals surface area contributed by atoms with Crippen molar-refractivity contribution in [2.45, 2.75) is 45.1 Å². The summed E-state index contributed by atoms with van der Waals surface area (Å²) in [4.78, 5) is 32.8. The van der Waals surface area contributed by atoms with E-state index < -0.39 is 0 Å². The predicted octanol–water partition coefficient (Wildman–Crippen LogP) is 2.12. The van der Waals surface area contributed by atoms with Crippen LogP contribution in [0.3, 0.4) is 0 Å². The van der Waals surface area contributed by atoms with E-state index in [0.717, 1.165) is 32.4 Å². The zero-order chi connectivity index (χ0) is 17.3. The molecule has 130 valence electrons. The minimum Gasteiger partial charge on any atom is -0.342 e. The fraction of sp³-hybridized carbons (Fsp3) is 0.632. The van der Waals surface area contributed by atoms with Crippen molar-refractivity contribution in [2.75, 3.05) is 20.1 Å². The summed E-state index contributed by atoms with van der Waals surface area (Å²) >= 11 is 0. The Hall–Kier alpha value is -1.91. The van der Waals surface area contributed by atoms with Crippen LogP contribution in [-0.4, -0.2) is 52.3 Å². The molecule has 2 aliphatic rings. The van der Waals surface area contributed by atoms with E-state index in [1.54, 1.807) is 18.1 Å². The Bertz CT molecular complexity index is 606. The molecule has 2 amide bonds. The highest BCUT2D eigenvalue weighted by atomic mass is 16.2. The molecule has 1 aromatic heterocycles. The van der Waals surface area contributed by atoms with Crippen LogP contribution in [-0.2, 0) is 16.0 Å². The topological polar surface area (TPSA) is 53.5 Å². The van der Waals surface area contributed by atoms with Crippen molar-refractivity contribution in [3.8, 4) is 0 Å². The molecular weight excluding hydrogens is 302 g/mol. The highest BCUT2D eigenvalue weighted by Gasteiger charge is 2.49. The minimum atomic E-state index is -0.388. The van der Waals surface area contributed by atoms with Crippen molar-refractivity contribution < 1.29 is 9.59 Å². The molecule has 2 aliphatic heterocycles. The molecule has 0 N–H and O–H groups in total. The number of likely N-dealkylation sites (tertiary alicyclic amines) is 2. The summed E-state index contributed by atoms with van der Waals surface area (Å²) in [5.74, 6) is 0.617. The highest BCUT2D eigenvalue weighted by Crippen LogP contribution is 2.36. The molecule has 0 saturated carbocycles. The monoisotopic (exact) mass is 329 g/mol. The Morgan fingerprint density at radius 2 is 2.04 bits per heavy atom. The second-order valence-electron chi connectivity index (χ2n) is 7.70. The van der Waals surface area contributed by atoms with E-state index in [1.807, 2.05) is 31.0 Å². The standard InChI is InChI=1S/C19H27N3O2/c1-19(2)16(12-17(23)21(19)3)18(24)22-9-6-14(7-10-22)11-15-5-4-8-20-13-15/h4-5,8,13-14,16H,6-7,9-12H2,1-3H3. The van der Waals surface area contributed by atoms with E-state index >= 15 is 0 Å². The number of pyridine rings is 1. The Labute approximate surface area is 144 Å². The van der Waals surface area contributed by atoms with Gasteiger partial charge in [-0.2, -0.15) is 0 Å². The van der Waals surface area contributed by atoms with Gasteiger partial charge >= 0.3 is 0 Å². The average Bonchev–Trinajstić information content (AvgIpc) is 2.79. The van der Waals surface area contributed by atoms with Crippen molar-refractivity contribution >= 4 is 11.8 Å². The molecule has 5 nitrogen and oxygen atoms in total. The average molecular weight is 329 g/mol. The molecule has 2 saturated heterocycles.